The highest BCUT2D eigenvalue weighted by Crippen LogP contribution is 2.14. The average Bonchev–Trinajstić information content (AvgIpc) is 2.39. The quantitative estimate of drug-likeness (QED) is 0.812. The first kappa shape index (κ1) is 12.8. The van der Waals surface area contributed by atoms with Gasteiger partial charge in [-0.15, -0.1) is 0 Å². The van der Waals surface area contributed by atoms with Crippen molar-refractivity contribution in [3.05, 3.63) is 23.9 Å². The molecule has 0 spiro atoms. The Morgan fingerprint density at radius 2 is 2.00 bits per heavy atom. The number of pyridine rings is 1. The first-order valence-electron chi connectivity index (χ1n) is 6.53. The van der Waals surface area contributed by atoms with E-state index in [2.05, 4.69) is 34.7 Å². The van der Waals surface area contributed by atoms with Crippen LogP contribution in [0.2, 0.25) is 0 Å². The molecule has 0 amide bonds. The summed E-state index contributed by atoms with van der Waals surface area (Å²) >= 11 is 0. The summed E-state index contributed by atoms with van der Waals surface area (Å²) in [6, 6.07) is 7.73. The molecule has 4 nitrogen and oxygen atoms in total. The minimum absolute atomic E-state index is 0.497. The van der Waals surface area contributed by atoms with E-state index in [-0.39, 0.29) is 0 Å². The molecule has 0 radical (unpaired) electrons. The molecular weight excluding hydrogens is 224 g/mol. The monoisotopic (exact) mass is 244 g/mol. The topological polar surface area (TPSA) is 43.2 Å². The van der Waals surface area contributed by atoms with Crippen molar-refractivity contribution in [1.82, 2.24) is 9.88 Å². The summed E-state index contributed by atoms with van der Waals surface area (Å²) in [6.45, 7) is 9.82. The fraction of sp³-hybridized carbons (Fsp3) is 0.571. The molecule has 0 aliphatic carbocycles. The largest absolute Gasteiger partial charge is 0.354 e. The molecule has 0 bridgehead atoms. The molecule has 0 unspecified atom stereocenters. The van der Waals surface area contributed by atoms with Gasteiger partial charge in [0.05, 0.1) is 0 Å². The molecule has 0 aromatic carbocycles. The van der Waals surface area contributed by atoms with Crippen molar-refractivity contribution in [2.45, 2.75) is 13.8 Å². The van der Waals surface area contributed by atoms with Crippen molar-refractivity contribution in [2.24, 2.45) is 5.92 Å². The fourth-order valence-corrected chi connectivity index (χ4v) is 2.34. The number of piperazine rings is 1. The van der Waals surface area contributed by atoms with Crippen LogP contribution in [-0.4, -0.2) is 42.6 Å². The van der Waals surface area contributed by atoms with E-state index in [1.54, 1.807) is 6.07 Å². The summed E-state index contributed by atoms with van der Waals surface area (Å²) in [7, 11) is 0. The van der Waals surface area contributed by atoms with Gasteiger partial charge >= 0.3 is 0 Å². The van der Waals surface area contributed by atoms with Gasteiger partial charge in [0.25, 0.3) is 0 Å². The molecule has 0 saturated carbocycles. The van der Waals surface area contributed by atoms with Crippen molar-refractivity contribution < 1.29 is 0 Å². The summed E-state index contributed by atoms with van der Waals surface area (Å²) in [6.07, 6.45) is 0. The first-order valence-corrected chi connectivity index (χ1v) is 6.53. The van der Waals surface area contributed by atoms with E-state index in [0.717, 1.165) is 37.9 Å². The van der Waals surface area contributed by atoms with Gasteiger partial charge in [-0.1, -0.05) is 19.9 Å². The molecule has 1 aliphatic heterocycles. The molecule has 1 fully saturated rings. The molecule has 0 atom stereocenters. The number of nitriles is 1. The highest BCUT2D eigenvalue weighted by atomic mass is 15.3. The van der Waals surface area contributed by atoms with Crippen LogP contribution in [0.25, 0.3) is 0 Å². The number of hydrogen-bond donors (Lipinski definition) is 0. The normalized spacial score (nSPS) is 16.9. The smallest absolute Gasteiger partial charge is 0.142 e. The zero-order chi connectivity index (χ0) is 13.0. The molecule has 1 aromatic heterocycles. The van der Waals surface area contributed by atoms with E-state index < -0.39 is 0 Å². The first-order chi connectivity index (χ1) is 8.69. The van der Waals surface area contributed by atoms with Crippen LogP contribution in [0.4, 0.5) is 5.82 Å². The Balaban J connectivity index is 1.95. The Morgan fingerprint density at radius 1 is 1.28 bits per heavy atom. The molecule has 1 aromatic rings. The predicted molar refractivity (Wildman–Crippen MR) is 72.4 cm³/mol. The molecular formula is C14H20N4. The lowest BCUT2D eigenvalue weighted by atomic mass is 10.2. The highest BCUT2D eigenvalue weighted by Gasteiger charge is 2.18. The highest BCUT2D eigenvalue weighted by molar-refractivity contribution is 5.42. The molecule has 96 valence electrons. The maximum atomic E-state index is 8.86. The summed E-state index contributed by atoms with van der Waals surface area (Å²) in [4.78, 5) is 9.10. The zero-order valence-corrected chi connectivity index (χ0v) is 11.1. The zero-order valence-electron chi connectivity index (χ0n) is 11.1. The summed E-state index contributed by atoms with van der Waals surface area (Å²) in [5.41, 5.74) is 0.497. The Hall–Kier alpha value is -1.60. The second kappa shape index (κ2) is 5.83. The van der Waals surface area contributed by atoms with Gasteiger partial charge in [-0.2, -0.15) is 5.26 Å². The van der Waals surface area contributed by atoms with E-state index in [1.165, 1.54) is 6.54 Å². The van der Waals surface area contributed by atoms with Crippen LogP contribution < -0.4 is 4.90 Å². The summed E-state index contributed by atoms with van der Waals surface area (Å²) in [5, 5.41) is 8.86. The third-order valence-corrected chi connectivity index (χ3v) is 3.17. The van der Waals surface area contributed by atoms with Crippen LogP contribution in [0.5, 0.6) is 0 Å². The summed E-state index contributed by atoms with van der Waals surface area (Å²) in [5.74, 6) is 1.65. The Morgan fingerprint density at radius 3 is 2.61 bits per heavy atom. The fourth-order valence-electron chi connectivity index (χ4n) is 2.34. The number of rotatable bonds is 3. The maximum Gasteiger partial charge on any atom is 0.142 e. The van der Waals surface area contributed by atoms with Gasteiger partial charge in [0.1, 0.15) is 17.6 Å². The van der Waals surface area contributed by atoms with Crippen LogP contribution >= 0.6 is 0 Å². The van der Waals surface area contributed by atoms with Crippen molar-refractivity contribution in [1.29, 1.82) is 5.26 Å². The van der Waals surface area contributed by atoms with E-state index in [4.69, 9.17) is 5.26 Å². The lowest BCUT2D eigenvalue weighted by Gasteiger charge is -2.36. The standard InChI is InChI=1S/C14H20N4/c1-12(2)11-17-6-8-18(9-7-17)14-5-3-4-13(10-15)16-14/h3-5,12H,6-9,11H2,1-2H3. The van der Waals surface area contributed by atoms with Gasteiger partial charge in [0.2, 0.25) is 0 Å². The molecule has 0 N–H and O–H groups in total. The Bertz CT molecular complexity index is 428. The Labute approximate surface area is 109 Å². The minimum Gasteiger partial charge on any atom is -0.354 e. The Kier molecular flexibility index (Phi) is 4.16. The van der Waals surface area contributed by atoms with Crippen molar-refractivity contribution in [3.8, 4) is 6.07 Å². The van der Waals surface area contributed by atoms with Crippen molar-refractivity contribution in [3.63, 3.8) is 0 Å². The number of hydrogen-bond acceptors (Lipinski definition) is 4. The molecule has 2 rings (SSSR count). The average molecular weight is 244 g/mol. The second-order valence-electron chi connectivity index (χ2n) is 5.17. The lowest BCUT2D eigenvalue weighted by Crippen LogP contribution is -2.47. The van der Waals surface area contributed by atoms with Crippen molar-refractivity contribution in [2.75, 3.05) is 37.6 Å². The number of aromatic nitrogens is 1. The van der Waals surface area contributed by atoms with E-state index in [9.17, 15) is 0 Å². The molecule has 1 saturated heterocycles. The van der Waals surface area contributed by atoms with E-state index in [1.807, 2.05) is 12.1 Å². The number of nitrogens with zero attached hydrogens (tertiary/aromatic N) is 4. The van der Waals surface area contributed by atoms with Gasteiger partial charge in [0.15, 0.2) is 0 Å². The van der Waals surface area contributed by atoms with Gasteiger partial charge in [-0.3, -0.25) is 4.90 Å². The molecule has 2 heterocycles. The van der Waals surface area contributed by atoms with Crippen LogP contribution in [0.3, 0.4) is 0 Å². The minimum atomic E-state index is 0.497. The van der Waals surface area contributed by atoms with Crippen LogP contribution in [-0.2, 0) is 0 Å². The van der Waals surface area contributed by atoms with Gasteiger partial charge in [0, 0.05) is 32.7 Å². The van der Waals surface area contributed by atoms with E-state index in [0.29, 0.717) is 5.69 Å². The summed E-state index contributed by atoms with van der Waals surface area (Å²) < 4.78 is 0. The lowest BCUT2D eigenvalue weighted by molar-refractivity contribution is 0.231. The third kappa shape index (κ3) is 3.21. The SMILES string of the molecule is CC(C)CN1CCN(c2cccc(C#N)n2)CC1. The second-order valence-corrected chi connectivity index (χ2v) is 5.17. The third-order valence-electron chi connectivity index (χ3n) is 3.17. The van der Waals surface area contributed by atoms with E-state index >= 15 is 0 Å². The van der Waals surface area contributed by atoms with Crippen LogP contribution in [0.1, 0.15) is 19.5 Å². The van der Waals surface area contributed by atoms with Gasteiger partial charge in [-0.05, 0) is 18.1 Å². The van der Waals surface area contributed by atoms with Gasteiger partial charge in [-0.25, -0.2) is 4.98 Å². The predicted octanol–water partition coefficient (Wildman–Crippen LogP) is 1.73. The molecule has 1 aliphatic rings. The van der Waals surface area contributed by atoms with Crippen LogP contribution in [0.15, 0.2) is 18.2 Å². The molecule has 4 heteroatoms. The molecule has 18 heavy (non-hydrogen) atoms. The number of anilines is 1. The van der Waals surface area contributed by atoms with Gasteiger partial charge < -0.3 is 4.90 Å². The van der Waals surface area contributed by atoms with Crippen LogP contribution in [0, 0.1) is 17.2 Å². The van der Waals surface area contributed by atoms with Crippen molar-refractivity contribution >= 4 is 5.82 Å². The maximum absolute atomic E-state index is 8.86.